The van der Waals surface area contributed by atoms with Crippen LogP contribution in [-0.4, -0.2) is 27.4 Å². The first-order valence-electron chi connectivity index (χ1n) is 6.64. The van der Waals surface area contributed by atoms with Crippen molar-refractivity contribution in [1.82, 2.24) is 10.0 Å². The van der Waals surface area contributed by atoms with E-state index < -0.39 is 10.0 Å². The minimum absolute atomic E-state index is 0.0168. The Morgan fingerprint density at radius 3 is 2.62 bits per heavy atom. The predicted octanol–water partition coefficient (Wildman–Crippen LogP) is 1.04. The summed E-state index contributed by atoms with van der Waals surface area (Å²) in [6.45, 7) is 2.09. The largest absolute Gasteiger partial charge is 0.398 e. The smallest absolute Gasteiger partial charge is 0.240 e. The van der Waals surface area contributed by atoms with Gasteiger partial charge in [0.05, 0.1) is 4.90 Å². The van der Waals surface area contributed by atoms with Gasteiger partial charge < -0.3 is 11.1 Å². The Balaban J connectivity index is 1.93. The minimum atomic E-state index is -3.69. The van der Waals surface area contributed by atoms with E-state index in [0.29, 0.717) is 16.3 Å². The van der Waals surface area contributed by atoms with Crippen LogP contribution >= 0.6 is 11.6 Å². The minimum Gasteiger partial charge on any atom is -0.398 e. The van der Waals surface area contributed by atoms with Crippen molar-refractivity contribution in [2.24, 2.45) is 5.92 Å². The molecule has 6 nitrogen and oxygen atoms in total. The third kappa shape index (κ3) is 4.09. The van der Waals surface area contributed by atoms with E-state index in [0.717, 1.165) is 12.8 Å². The molecule has 0 heterocycles. The number of benzene rings is 1. The molecule has 1 fully saturated rings. The lowest BCUT2D eigenvalue weighted by Gasteiger charge is -2.10. The van der Waals surface area contributed by atoms with Gasteiger partial charge in [0.25, 0.3) is 0 Å². The van der Waals surface area contributed by atoms with E-state index in [9.17, 15) is 13.2 Å². The number of carbonyl (C=O) groups excluding carboxylic acids is 1. The molecule has 0 saturated heterocycles. The van der Waals surface area contributed by atoms with Gasteiger partial charge in [0, 0.05) is 29.7 Å². The third-order valence-corrected chi connectivity index (χ3v) is 5.17. The first-order chi connectivity index (χ1) is 9.81. The zero-order valence-electron chi connectivity index (χ0n) is 11.6. The molecule has 8 heteroatoms. The van der Waals surface area contributed by atoms with Gasteiger partial charge in [-0.1, -0.05) is 11.6 Å². The fraction of sp³-hybridized carbons (Fsp3) is 0.462. The molecular formula is C13H18ClN3O3S. The summed E-state index contributed by atoms with van der Waals surface area (Å²) in [4.78, 5) is 11.4. The molecule has 0 atom stereocenters. The summed E-state index contributed by atoms with van der Waals surface area (Å²) >= 11 is 5.94. The zero-order chi connectivity index (χ0) is 15.6. The number of amides is 1. The van der Waals surface area contributed by atoms with Crippen LogP contribution in [-0.2, 0) is 14.8 Å². The molecule has 0 radical (unpaired) electrons. The molecule has 1 saturated carbocycles. The number of hydrogen-bond acceptors (Lipinski definition) is 4. The molecule has 1 aliphatic rings. The fourth-order valence-corrected chi connectivity index (χ4v) is 3.16. The van der Waals surface area contributed by atoms with E-state index in [4.69, 9.17) is 17.3 Å². The highest BCUT2D eigenvalue weighted by Crippen LogP contribution is 2.28. The van der Waals surface area contributed by atoms with Crippen LogP contribution in [0.1, 0.15) is 18.4 Å². The van der Waals surface area contributed by atoms with Crippen LogP contribution in [0.5, 0.6) is 0 Å². The molecular weight excluding hydrogens is 314 g/mol. The summed E-state index contributed by atoms with van der Waals surface area (Å²) in [6.07, 6.45) is 1.83. The Bertz CT molecular complexity index is 634. The standard InChI is InChI=1S/C13H18ClN3O3S/c1-8-11(14)6-10(7-12(8)15)21(19,20)17-5-4-16-13(18)9-2-3-9/h6-7,9,17H,2-5,15H2,1H3,(H,16,18). The molecule has 0 aliphatic heterocycles. The average Bonchev–Trinajstić information content (AvgIpc) is 3.24. The topological polar surface area (TPSA) is 101 Å². The highest BCUT2D eigenvalue weighted by atomic mass is 35.5. The molecule has 116 valence electrons. The molecule has 21 heavy (non-hydrogen) atoms. The number of nitrogens with two attached hydrogens (primary N) is 1. The Morgan fingerprint density at radius 2 is 2.05 bits per heavy atom. The van der Waals surface area contributed by atoms with Gasteiger partial charge in [-0.25, -0.2) is 13.1 Å². The van der Waals surface area contributed by atoms with Crippen molar-refractivity contribution in [2.45, 2.75) is 24.7 Å². The van der Waals surface area contributed by atoms with Gasteiger partial charge in [-0.15, -0.1) is 0 Å². The number of anilines is 1. The second-order valence-corrected chi connectivity index (χ2v) is 7.26. The van der Waals surface area contributed by atoms with E-state index >= 15 is 0 Å². The van der Waals surface area contributed by atoms with E-state index in [-0.39, 0.29) is 29.8 Å². The maximum atomic E-state index is 12.1. The lowest BCUT2D eigenvalue weighted by molar-refractivity contribution is -0.122. The van der Waals surface area contributed by atoms with Crippen LogP contribution in [0.3, 0.4) is 0 Å². The average molecular weight is 332 g/mol. The maximum Gasteiger partial charge on any atom is 0.240 e. The molecule has 1 aromatic carbocycles. The van der Waals surface area contributed by atoms with Gasteiger partial charge in [0.15, 0.2) is 0 Å². The van der Waals surface area contributed by atoms with E-state index in [1.165, 1.54) is 12.1 Å². The number of carbonyl (C=O) groups is 1. The summed E-state index contributed by atoms with van der Waals surface area (Å²) < 4.78 is 26.6. The highest BCUT2D eigenvalue weighted by molar-refractivity contribution is 7.89. The molecule has 0 spiro atoms. The number of nitrogens with one attached hydrogen (secondary N) is 2. The molecule has 0 unspecified atom stereocenters. The normalized spacial score (nSPS) is 15.0. The van der Waals surface area contributed by atoms with Crippen molar-refractivity contribution in [3.05, 3.63) is 22.7 Å². The van der Waals surface area contributed by atoms with E-state index in [1.807, 2.05) is 0 Å². The van der Waals surface area contributed by atoms with Crippen LogP contribution in [0.4, 0.5) is 5.69 Å². The number of nitrogen functional groups attached to an aromatic ring is 1. The van der Waals surface area contributed by atoms with Gasteiger partial charge in [0.2, 0.25) is 15.9 Å². The summed E-state index contributed by atoms with van der Waals surface area (Å²) in [5.41, 5.74) is 6.69. The predicted molar refractivity (Wildman–Crippen MR) is 81.5 cm³/mol. The summed E-state index contributed by atoms with van der Waals surface area (Å²) in [5.74, 6) is 0.0918. The van der Waals surface area contributed by atoms with Crippen LogP contribution in [0.15, 0.2) is 17.0 Å². The molecule has 0 bridgehead atoms. The molecule has 1 amide bonds. The lowest BCUT2D eigenvalue weighted by atomic mass is 10.2. The van der Waals surface area contributed by atoms with Crippen LogP contribution < -0.4 is 15.8 Å². The summed E-state index contributed by atoms with van der Waals surface area (Å²) in [6, 6.07) is 2.73. The number of halogens is 1. The van der Waals surface area contributed by atoms with Gasteiger partial charge >= 0.3 is 0 Å². The van der Waals surface area contributed by atoms with E-state index in [2.05, 4.69) is 10.0 Å². The molecule has 1 aliphatic carbocycles. The second-order valence-electron chi connectivity index (χ2n) is 5.08. The van der Waals surface area contributed by atoms with Crippen molar-refractivity contribution in [3.8, 4) is 0 Å². The molecule has 0 aromatic heterocycles. The Morgan fingerprint density at radius 1 is 1.38 bits per heavy atom. The molecule has 2 rings (SSSR count). The highest BCUT2D eigenvalue weighted by Gasteiger charge is 2.29. The third-order valence-electron chi connectivity index (χ3n) is 3.33. The van der Waals surface area contributed by atoms with Crippen LogP contribution in [0, 0.1) is 12.8 Å². The lowest BCUT2D eigenvalue weighted by Crippen LogP contribution is -2.35. The maximum absolute atomic E-state index is 12.1. The first kappa shape index (κ1) is 16.1. The van der Waals surface area contributed by atoms with Gasteiger partial charge in [-0.05, 0) is 37.5 Å². The van der Waals surface area contributed by atoms with Gasteiger partial charge in [-0.3, -0.25) is 4.79 Å². The van der Waals surface area contributed by atoms with Crippen molar-refractivity contribution >= 4 is 33.2 Å². The Hall–Kier alpha value is -1.31. The summed E-state index contributed by atoms with van der Waals surface area (Å²) in [5, 5.41) is 2.99. The Kier molecular flexibility index (Phi) is 4.75. The second kappa shape index (κ2) is 6.21. The van der Waals surface area contributed by atoms with Crippen molar-refractivity contribution < 1.29 is 13.2 Å². The quantitative estimate of drug-likeness (QED) is 0.535. The monoisotopic (exact) mass is 331 g/mol. The SMILES string of the molecule is Cc1c(N)cc(S(=O)(=O)NCCNC(=O)C2CC2)cc1Cl. The van der Waals surface area contributed by atoms with E-state index in [1.54, 1.807) is 6.92 Å². The van der Waals surface area contributed by atoms with Crippen molar-refractivity contribution in [3.63, 3.8) is 0 Å². The zero-order valence-corrected chi connectivity index (χ0v) is 13.2. The Labute approximate surface area is 129 Å². The van der Waals surface area contributed by atoms with Crippen molar-refractivity contribution in [1.29, 1.82) is 0 Å². The van der Waals surface area contributed by atoms with Gasteiger partial charge in [-0.2, -0.15) is 0 Å². The van der Waals surface area contributed by atoms with Crippen molar-refractivity contribution in [2.75, 3.05) is 18.8 Å². The fourth-order valence-electron chi connectivity index (χ4n) is 1.77. The van der Waals surface area contributed by atoms with Gasteiger partial charge in [0.1, 0.15) is 0 Å². The van der Waals surface area contributed by atoms with Crippen LogP contribution in [0.25, 0.3) is 0 Å². The number of hydrogen-bond donors (Lipinski definition) is 3. The summed E-state index contributed by atoms with van der Waals surface area (Å²) in [7, 11) is -3.69. The van der Waals surface area contributed by atoms with Crippen LogP contribution in [0.2, 0.25) is 5.02 Å². The first-order valence-corrected chi connectivity index (χ1v) is 8.50. The number of sulfonamides is 1. The number of rotatable bonds is 6. The molecule has 4 N–H and O–H groups in total. The molecule has 1 aromatic rings.